The Hall–Kier alpha value is -1.93. The predicted molar refractivity (Wildman–Crippen MR) is 86.0 cm³/mol. The Kier molecular flexibility index (Phi) is 5.73. The molecule has 0 bridgehead atoms. The quantitative estimate of drug-likeness (QED) is 0.775. The molecule has 7 nitrogen and oxygen atoms in total. The number of aliphatic hydroxyl groups is 1. The van der Waals surface area contributed by atoms with Crippen LogP contribution in [0.4, 0.5) is 4.79 Å². The maximum atomic E-state index is 12.0. The number of aliphatic hydroxyl groups excluding tert-OH is 1. The van der Waals surface area contributed by atoms with Crippen molar-refractivity contribution in [2.24, 2.45) is 0 Å². The fourth-order valence-corrected chi connectivity index (χ4v) is 3.26. The van der Waals surface area contributed by atoms with Crippen molar-refractivity contribution >= 4 is 29.2 Å². The zero-order chi connectivity index (χ0) is 17.0. The summed E-state index contributed by atoms with van der Waals surface area (Å²) >= 11 is 1.49. The highest BCUT2D eigenvalue weighted by Gasteiger charge is 2.35. The monoisotopic (exact) mass is 339 g/mol. The molecule has 8 heteroatoms. The summed E-state index contributed by atoms with van der Waals surface area (Å²) in [5, 5.41) is 12.1. The molecule has 4 amide bonds. The number of hydrogen-bond acceptors (Lipinski definition) is 5. The van der Waals surface area contributed by atoms with Crippen molar-refractivity contribution in [3.63, 3.8) is 0 Å². The molecule has 1 atom stereocenters. The number of carbonyl (C=O) groups excluding carboxylic acids is 3. The Morgan fingerprint density at radius 2 is 2.09 bits per heavy atom. The smallest absolute Gasteiger partial charge is 0.324 e. The summed E-state index contributed by atoms with van der Waals surface area (Å²) in [6.07, 6.45) is 0.113. The number of thiophene rings is 1. The lowest BCUT2D eigenvalue weighted by Crippen LogP contribution is -2.58. The van der Waals surface area contributed by atoms with Crippen molar-refractivity contribution in [1.29, 1.82) is 0 Å². The van der Waals surface area contributed by atoms with Gasteiger partial charge in [0.05, 0.1) is 6.10 Å². The van der Waals surface area contributed by atoms with Crippen LogP contribution in [0.5, 0.6) is 0 Å². The lowest BCUT2D eigenvalue weighted by molar-refractivity contribution is -0.153. The number of rotatable bonds is 5. The first kappa shape index (κ1) is 17.4. The largest absolute Gasteiger partial charge is 0.388 e. The van der Waals surface area contributed by atoms with Crippen LogP contribution in [0.1, 0.15) is 29.7 Å². The third-order valence-corrected chi connectivity index (χ3v) is 4.99. The van der Waals surface area contributed by atoms with Gasteiger partial charge < -0.3 is 15.3 Å². The van der Waals surface area contributed by atoms with Crippen LogP contribution in [-0.4, -0.2) is 58.9 Å². The summed E-state index contributed by atoms with van der Waals surface area (Å²) in [5.74, 6) is -1.41. The lowest BCUT2D eigenvalue weighted by atomic mass is 10.3. The summed E-state index contributed by atoms with van der Waals surface area (Å²) in [5.41, 5.74) is 0. The van der Waals surface area contributed by atoms with E-state index in [0.717, 1.165) is 14.7 Å². The van der Waals surface area contributed by atoms with E-state index < -0.39 is 23.9 Å². The molecule has 1 unspecified atom stereocenters. The number of likely N-dealkylation sites (N-methyl/N-ethyl adjacent to an activating group) is 1. The van der Waals surface area contributed by atoms with Gasteiger partial charge in [0.1, 0.15) is 0 Å². The van der Waals surface area contributed by atoms with Crippen LogP contribution in [0.2, 0.25) is 0 Å². The second-order valence-electron chi connectivity index (χ2n) is 5.30. The van der Waals surface area contributed by atoms with Gasteiger partial charge in [-0.05, 0) is 32.4 Å². The van der Waals surface area contributed by atoms with Crippen LogP contribution in [0.3, 0.4) is 0 Å². The summed E-state index contributed by atoms with van der Waals surface area (Å²) < 4.78 is 0. The zero-order valence-corrected chi connectivity index (χ0v) is 14.1. The second kappa shape index (κ2) is 7.56. The van der Waals surface area contributed by atoms with Crippen LogP contribution < -0.4 is 5.32 Å². The van der Waals surface area contributed by atoms with Crippen molar-refractivity contribution in [1.82, 2.24) is 15.1 Å². The molecule has 1 fully saturated rings. The summed E-state index contributed by atoms with van der Waals surface area (Å²) in [4.78, 5) is 40.0. The van der Waals surface area contributed by atoms with Gasteiger partial charge in [-0.15, -0.1) is 11.3 Å². The molecule has 1 aliphatic rings. The van der Waals surface area contributed by atoms with E-state index >= 15 is 0 Å². The van der Waals surface area contributed by atoms with Gasteiger partial charge in [-0.25, -0.2) is 4.79 Å². The van der Waals surface area contributed by atoms with Crippen molar-refractivity contribution in [2.75, 3.05) is 26.2 Å². The molecular formula is C15H21N3O4S. The highest BCUT2D eigenvalue weighted by molar-refractivity contribution is 7.12. The molecule has 2 heterocycles. The number of imide groups is 1. The highest BCUT2D eigenvalue weighted by Crippen LogP contribution is 2.22. The summed E-state index contributed by atoms with van der Waals surface area (Å²) in [6.45, 7) is 4.92. The fraction of sp³-hybridized carbons (Fsp3) is 0.533. The standard InChI is InChI=1S/C15H21N3O4S/c1-3-17-8-9-18(14(21)13(17)20)15(22)16-7-6-11-4-5-12(23-11)10(2)19/h4-5,10,19H,3,6-9H2,1-2H3,(H,16,22). The number of carbonyl (C=O) groups is 3. The van der Waals surface area contributed by atoms with Crippen molar-refractivity contribution in [3.8, 4) is 0 Å². The molecule has 126 valence electrons. The van der Waals surface area contributed by atoms with Crippen LogP contribution in [0, 0.1) is 0 Å². The molecule has 0 aliphatic carbocycles. The normalized spacial score (nSPS) is 16.7. The van der Waals surface area contributed by atoms with E-state index in [9.17, 15) is 19.5 Å². The average molecular weight is 339 g/mol. The van der Waals surface area contributed by atoms with E-state index in [1.165, 1.54) is 16.2 Å². The number of amides is 4. The molecular weight excluding hydrogens is 318 g/mol. The number of nitrogens with zero attached hydrogens (tertiary/aromatic N) is 2. The fourth-order valence-electron chi connectivity index (χ4n) is 2.31. The number of piperazine rings is 1. The van der Waals surface area contributed by atoms with Gasteiger partial charge >= 0.3 is 17.8 Å². The molecule has 0 aromatic carbocycles. The average Bonchev–Trinajstić information content (AvgIpc) is 2.99. The lowest BCUT2D eigenvalue weighted by Gasteiger charge is -2.31. The Balaban J connectivity index is 1.82. The topological polar surface area (TPSA) is 89.9 Å². The predicted octanol–water partition coefficient (Wildman–Crippen LogP) is 0.744. The first-order chi connectivity index (χ1) is 10.9. The first-order valence-corrected chi connectivity index (χ1v) is 8.41. The third kappa shape index (κ3) is 4.08. The minimum absolute atomic E-state index is 0.218. The molecule has 2 N–H and O–H groups in total. The SMILES string of the molecule is CCN1CCN(C(=O)NCCc2ccc(C(C)O)s2)C(=O)C1=O. The van der Waals surface area contributed by atoms with E-state index in [1.54, 1.807) is 13.8 Å². The van der Waals surface area contributed by atoms with Gasteiger partial charge in [0.15, 0.2) is 0 Å². The van der Waals surface area contributed by atoms with Crippen LogP contribution >= 0.6 is 11.3 Å². The van der Waals surface area contributed by atoms with E-state index in [1.807, 2.05) is 12.1 Å². The molecule has 1 aliphatic heterocycles. The van der Waals surface area contributed by atoms with Gasteiger partial charge in [-0.3, -0.25) is 14.5 Å². The maximum Gasteiger partial charge on any atom is 0.324 e. The molecule has 1 aromatic heterocycles. The van der Waals surface area contributed by atoms with Crippen molar-refractivity contribution in [3.05, 3.63) is 21.9 Å². The van der Waals surface area contributed by atoms with Crippen molar-refractivity contribution in [2.45, 2.75) is 26.4 Å². The van der Waals surface area contributed by atoms with E-state index in [-0.39, 0.29) is 6.54 Å². The molecule has 0 saturated carbocycles. The van der Waals surface area contributed by atoms with Crippen LogP contribution in [0.25, 0.3) is 0 Å². The molecule has 1 aromatic rings. The number of hydrogen-bond donors (Lipinski definition) is 2. The maximum absolute atomic E-state index is 12.0. The summed E-state index contributed by atoms with van der Waals surface area (Å²) in [6, 6.07) is 3.23. The minimum Gasteiger partial charge on any atom is -0.388 e. The van der Waals surface area contributed by atoms with Gasteiger partial charge in [-0.1, -0.05) is 0 Å². The molecule has 23 heavy (non-hydrogen) atoms. The molecule has 0 spiro atoms. The van der Waals surface area contributed by atoms with Crippen LogP contribution in [0.15, 0.2) is 12.1 Å². The van der Waals surface area contributed by atoms with Gasteiger partial charge in [0.2, 0.25) is 0 Å². The number of urea groups is 1. The Labute approximate surface area is 138 Å². The Morgan fingerprint density at radius 1 is 1.35 bits per heavy atom. The van der Waals surface area contributed by atoms with Gasteiger partial charge in [-0.2, -0.15) is 0 Å². The third-order valence-electron chi connectivity index (χ3n) is 3.68. The number of nitrogens with one attached hydrogen (secondary N) is 1. The summed E-state index contributed by atoms with van der Waals surface area (Å²) in [7, 11) is 0. The van der Waals surface area contributed by atoms with Gasteiger partial charge in [0.25, 0.3) is 0 Å². The molecule has 2 rings (SSSR count). The first-order valence-electron chi connectivity index (χ1n) is 7.59. The van der Waals surface area contributed by atoms with E-state index in [4.69, 9.17) is 0 Å². The Bertz CT molecular complexity index is 599. The Morgan fingerprint density at radius 3 is 2.70 bits per heavy atom. The van der Waals surface area contributed by atoms with Gasteiger partial charge in [0, 0.05) is 35.9 Å². The molecule has 1 saturated heterocycles. The molecule has 0 radical (unpaired) electrons. The highest BCUT2D eigenvalue weighted by atomic mass is 32.1. The minimum atomic E-state index is -0.775. The van der Waals surface area contributed by atoms with E-state index in [2.05, 4.69) is 5.32 Å². The second-order valence-corrected chi connectivity index (χ2v) is 6.50. The van der Waals surface area contributed by atoms with E-state index in [0.29, 0.717) is 26.1 Å². The van der Waals surface area contributed by atoms with Crippen LogP contribution in [-0.2, 0) is 16.0 Å². The zero-order valence-electron chi connectivity index (χ0n) is 13.2. The van der Waals surface area contributed by atoms with Crippen molar-refractivity contribution < 1.29 is 19.5 Å².